The number of Topliss-reactive ketones (excluding diaryl/α,β-unsaturated/α-hetero) is 1. The Bertz CT molecular complexity index is 652. The molecular weight excluding hydrogens is 242 g/mol. The van der Waals surface area contributed by atoms with Gasteiger partial charge >= 0.3 is 5.97 Å². The number of aliphatic carboxylic acids is 1. The van der Waals surface area contributed by atoms with Crippen LogP contribution in [-0.4, -0.2) is 21.4 Å². The third kappa shape index (κ3) is 2.38. The fourth-order valence-corrected chi connectivity index (χ4v) is 2.14. The highest BCUT2D eigenvalue weighted by atomic mass is 16.4. The number of carboxylic acids is 1. The molecule has 1 N–H and O–H groups in total. The molecule has 1 aromatic carbocycles. The minimum absolute atomic E-state index is 0.00363. The molecular formula is C15H17NO3. The molecule has 0 spiro atoms. The first-order valence-corrected chi connectivity index (χ1v) is 6.13. The quantitative estimate of drug-likeness (QED) is 0.859. The van der Waals surface area contributed by atoms with Crippen LogP contribution in [-0.2, 0) is 11.8 Å². The first-order valence-electron chi connectivity index (χ1n) is 6.13. The van der Waals surface area contributed by atoms with Gasteiger partial charge in [0, 0.05) is 36.1 Å². The predicted octanol–water partition coefficient (Wildman–Crippen LogP) is 2.86. The molecule has 0 saturated heterocycles. The average molecular weight is 259 g/mol. The van der Waals surface area contributed by atoms with E-state index >= 15 is 0 Å². The Morgan fingerprint density at radius 3 is 2.53 bits per heavy atom. The van der Waals surface area contributed by atoms with Crippen LogP contribution < -0.4 is 0 Å². The maximum absolute atomic E-state index is 12.3. The van der Waals surface area contributed by atoms with Crippen LogP contribution >= 0.6 is 0 Å². The van der Waals surface area contributed by atoms with Crippen molar-refractivity contribution >= 4 is 22.7 Å². The van der Waals surface area contributed by atoms with E-state index in [2.05, 4.69) is 0 Å². The molecule has 19 heavy (non-hydrogen) atoms. The summed E-state index contributed by atoms with van der Waals surface area (Å²) in [6.07, 6.45) is 1.77. The molecule has 0 aliphatic rings. The van der Waals surface area contributed by atoms with E-state index in [1.54, 1.807) is 20.0 Å². The average Bonchev–Trinajstić information content (AvgIpc) is 2.67. The number of rotatable bonds is 4. The number of benzene rings is 1. The van der Waals surface area contributed by atoms with Crippen LogP contribution in [0.5, 0.6) is 0 Å². The Hall–Kier alpha value is -2.10. The van der Waals surface area contributed by atoms with Gasteiger partial charge in [0.15, 0.2) is 5.78 Å². The van der Waals surface area contributed by atoms with Crippen molar-refractivity contribution in [2.75, 3.05) is 0 Å². The molecule has 4 heteroatoms. The van der Waals surface area contributed by atoms with Crippen molar-refractivity contribution in [1.82, 2.24) is 4.57 Å². The lowest BCUT2D eigenvalue weighted by Gasteiger charge is -2.17. The van der Waals surface area contributed by atoms with Gasteiger partial charge in [-0.05, 0) is 19.9 Å². The number of aromatic nitrogens is 1. The van der Waals surface area contributed by atoms with Gasteiger partial charge in [-0.2, -0.15) is 0 Å². The van der Waals surface area contributed by atoms with Gasteiger partial charge in [0.25, 0.3) is 0 Å². The highest BCUT2D eigenvalue weighted by Crippen LogP contribution is 2.27. The molecule has 0 amide bonds. The van der Waals surface area contributed by atoms with Crippen molar-refractivity contribution in [1.29, 1.82) is 0 Å². The zero-order valence-electron chi connectivity index (χ0n) is 11.3. The predicted molar refractivity (Wildman–Crippen MR) is 73.3 cm³/mol. The molecule has 0 aliphatic carbocycles. The Kier molecular flexibility index (Phi) is 3.18. The standard InChI is InChI=1S/C15H17NO3/c1-15(2,14(18)19)8-13(17)11-9-16(3)12-7-5-4-6-10(11)12/h4-7,9H,8H2,1-3H3,(H,18,19). The molecule has 0 bridgehead atoms. The minimum Gasteiger partial charge on any atom is -0.481 e. The highest BCUT2D eigenvalue weighted by molar-refractivity contribution is 6.09. The number of carbonyl (C=O) groups excluding carboxylic acids is 1. The van der Waals surface area contributed by atoms with Crippen molar-refractivity contribution in [2.24, 2.45) is 12.5 Å². The summed E-state index contributed by atoms with van der Waals surface area (Å²) in [7, 11) is 1.88. The van der Waals surface area contributed by atoms with Crippen molar-refractivity contribution in [3.8, 4) is 0 Å². The minimum atomic E-state index is -1.05. The van der Waals surface area contributed by atoms with Gasteiger partial charge in [-0.3, -0.25) is 9.59 Å². The summed E-state index contributed by atoms with van der Waals surface area (Å²) in [5, 5.41) is 9.97. The Morgan fingerprint density at radius 1 is 1.26 bits per heavy atom. The smallest absolute Gasteiger partial charge is 0.309 e. The second kappa shape index (κ2) is 4.53. The third-order valence-electron chi connectivity index (χ3n) is 3.38. The molecule has 0 atom stereocenters. The van der Waals surface area contributed by atoms with Crippen LogP contribution in [0.3, 0.4) is 0 Å². The SMILES string of the molecule is Cn1cc(C(=O)CC(C)(C)C(=O)O)c2ccccc21. The molecule has 2 rings (SSSR count). The Labute approximate surface area is 111 Å². The number of hydrogen-bond acceptors (Lipinski definition) is 2. The summed E-state index contributed by atoms with van der Waals surface area (Å²) in [6, 6.07) is 7.62. The molecule has 0 fully saturated rings. The second-order valence-electron chi connectivity index (χ2n) is 5.46. The van der Waals surface area contributed by atoms with Crippen molar-refractivity contribution in [3.63, 3.8) is 0 Å². The normalized spacial score (nSPS) is 11.7. The van der Waals surface area contributed by atoms with E-state index in [0.717, 1.165) is 10.9 Å². The van der Waals surface area contributed by atoms with Crippen molar-refractivity contribution in [2.45, 2.75) is 20.3 Å². The summed E-state index contributed by atoms with van der Waals surface area (Å²) in [6.45, 7) is 3.14. The van der Waals surface area contributed by atoms with Gasteiger partial charge in [-0.25, -0.2) is 0 Å². The van der Waals surface area contributed by atoms with Crippen LogP contribution in [0.25, 0.3) is 10.9 Å². The summed E-state index contributed by atoms with van der Waals surface area (Å²) < 4.78 is 1.89. The number of hydrogen-bond donors (Lipinski definition) is 1. The van der Waals surface area contributed by atoms with E-state index < -0.39 is 11.4 Å². The summed E-state index contributed by atoms with van der Waals surface area (Å²) in [5.74, 6) is -1.09. The maximum Gasteiger partial charge on any atom is 0.309 e. The molecule has 0 aliphatic heterocycles. The van der Waals surface area contributed by atoms with Gasteiger partial charge in [-0.15, -0.1) is 0 Å². The molecule has 1 aromatic heterocycles. The summed E-state index contributed by atoms with van der Waals surface area (Å²) >= 11 is 0. The van der Waals surface area contributed by atoms with Gasteiger partial charge in [0.2, 0.25) is 0 Å². The number of aryl methyl sites for hydroxylation is 1. The Balaban J connectivity index is 2.40. The van der Waals surface area contributed by atoms with Crippen LogP contribution in [0.15, 0.2) is 30.5 Å². The van der Waals surface area contributed by atoms with Gasteiger partial charge < -0.3 is 9.67 Å². The van der Waals surface area contributed by atoms with Crippen LogP contribution in [0.4, 0.5) is 0 Å². The molecule has 1 heterocycles. The van der Waals surface area contributed by atoms with E-state index in [4.69, 9.17) is 5.11 Å². The Morgan fingerprint density at radius 2 is 1.89 bits per heavy atom. The van der Waals surface area contributed by atoms with Crippen molar-refractivity contribution < 1.29 is 14.7 Å². The first kappa shape index (κ1) is 13.3. The molecule has 0 radical (unpaired) electrons. The molecule has 0 unspecified atom stereocenters. The number of ketones is 1. The van der Waals surface area contributed by atoms with E-state index in [9.17, 15) is 9.59 Å². The van der Waals surface area contributed by atoms with E-state index in [1.165, 1.54) is 0 Å². The van der Waals surface area contributed by atoms with Gasteiger partial charge in [0.1, 0.15) is 0 Å². The lowest BCUT2D eigenvalue weighted by molar-refractivity contribution is -0.146. The lowest BCUT2D eigenvalue weighted by atomic mass is 9.85. The zero-order valence-corrected chi connectivity index (χ0v) is 11.3. The highest BCUT2D eigenvalue weighted by Gasteiger charge is 2.31. The van der Waals surface area contributed by atoms with Crippen LogP contribution in [0.2, 0.25) is 0 Å². The molecule has 4 nitrogen and oxygen atoms in total. The number of para-hydroxylation sites is 1. The summed E-state index contributed by atoms with van der Waals surface area (Å²) in [5.41, 5.74) is 0.514. The zero-order chi connectivity index (χ0) is 14.2. The number of fused-ring (bicyclic) bond motifs is 1. The largest absolute Gasteiger partial charge is 0.481 e. The van der Waals surface area contributed by atoms with E-state index in [1.807, 2.05) is 35.9 Å². The molecule has 2 aromatic rings. The van der Waals surface area contributed by atoms with Crippen molar-refractivity contribution in [3.05, 3.63) is 36.0 Å². The van der Waals surface area contributed by atoms with Gasteiger partial charge in [0.05, 0.1) is 5.41 Å². The van der Waals surface area contributed by atoms with E-state index in [0.29, 0.717) is 5.56 Å². The van der Waals surface area contributed by atoms with E-state index in [-0.39, 0.29) is 12.2 Å². The third-order valence-corrected chi connectivity index (χ3v) is 3.38. The van der Waals surface area contributed by atoms with Crippen LogP contribution in [0.1, 0.15) is 30.6 Å². The fraction of sp³-hybridized carbons (Fsp3) is 0.333. The number of nitrogens with zero attached hydrogens (tertiary/aromatic N) is 1. The molecule has 100 valence electrons. The monoisotopic (exact) mass is 259 g/mol. The van der Waals surface area contributed by atoms with Crippen LogP contribution in [0, 0.1) is 5.41 Å². The summed E-state index contributed by atoms with van der Waals surface area (Å²) in [4.78, 5) is 23.4. The number of carbonyl (C=O) groups is 2. The molecule has 0 saturated carbocycles. The topological polar surface area (TPSA) is 59.3 Å². The van der Waals surface area contributed by atoms with Gasteiger partial charge in [-0.1, -0.05) is 18.2 Å². The maximum atomic E-state index is 12.3. The fourth-order valence-electron chi connectivity index (χ4n) is 2.14. The number of carboxylic acid groups (broad SMARTS) is 1. The second-order valence-corrected chi connectivity index (χ2v) is 5.46. The first-order chi connectivity index (χ1) is 8.83. The lowest BCUT2D eigenvalue weighted by Crippen LogP contribution is -2.26.